The van der Waals surface area contributed by atoms with Crippen molar-refractivity contribution in [1.82, 2.24) is 10.2 Å². The van der Waals surface area contributed by atoms with Crippen LogP contribution >= 0.6 is 0 Å². The van der Waals surface area contributed by atoms with Gasteiger partial charge >= 0.3 is 6.03 Å². The van der Waals surface area contributed by atoms with E-state index in [2.05, 4.69) is 29.6 Å². The molecular weight excluding hydrogens is 528 g/mol. The van der Waals surface area contributed by atoms with E-state index >= 15 is 0 Å². The van der Waals surface area contributed by atoms with Crippen molar-refractivity contribution in [2.24, 2.45) is 11.7 Å². The summed E-state index contributed by atoms with van der Waals surface area (Å²) in [4.78, 5) is 42.4. The highest BCUT2D eigenvalue weighted by atomic mass is 16.5. The maximum atomic E-state index is 13.5. The number of primary amides is 1. The molecule has 3 N–H and O–H groups in total. The lowest BCUT2D eigenvalue weighted by atomic mass is 9.74. The highest BCUT2D eigenvalue weighted by Crippen LogP contribution is 2.40. The van der Waals surface area contributed by atoms with Crippen LogP contribution in [0.3, 0.4) is 0 Å². The second kappa shape index (κ2) is 14.1. The number of carbonyl (C=O) groups excluding carboxylic acids is 3. The topological polar surface area (TPSA) is 105 Å². The first-order valence-corrected chi connectivity index (χ1v) is 14.9. The summed E-state index contributed by atoms with van der Waals surface area (Å²) in [6.07, 6.45) is 4.52. The largest absolute Gasteiger partial charge is 0.378 e. The molecule has 1 heterocycles. The quantitative estimate of drug-likeness (QED) is 0.372. The van der Waals surface area contributed by atoms with Gasteiger partial charge in [-0.2, -0.15) is 0 Å². The molecule has 3 aromatic rings. The van der Waals surface area contributed by atoms with E-state index in [4.69, 9.17) is 10.5 Å². The zero-order valence-electron chi connectivity index (χ0n) is 24.0. The third-order valence-electron chi connectivity index (χ3n) is 8.41. The number of benzene rings is 3. The molecule has 220 valence electrons. The number of nitrogens with zero attached hydrogens (tertiary/aromatic N) is 2. The number of hydrogen-bond donors (Lipinski definition) is 2. The van der Waals surface area contributed by atoms with Crippen LogP contribution in [0.2, 0.25) is 0 Å². The maximum Gasteiger partial charge on any atom is 0.324 e. The monoisotopic (exact) mass is 568 g/mol. The fourth-order valence-electron chi connectivity index (χ4n) is 6.17. The number of urea groups is 1. The average Bonchev–Trinajstić information content (AvgIpc) is 3.04. The molecular formula is C34H40N4O4. The van der Waals surface area contributed by atoms with Crippen molar-refractivity contribution < 1.29 is 19.1 Å². The Kier molecular flexibility index (Phi) is 9.87. The van der Waals surface area contributed by atoms with Gasteiger partial charge in [0, 0.05) is 25.2 Å². The molecule has 42 heavy (non-hydrogen) atoms. The smallest absolute Gasteiger partial charge is 0.324 e. The third-order valence-corrected chi connectivity index (χ3v) is 8.41. The first kappa shape index (κ1) is 29.3. The normalized spacial score (nSPS) is 19.5. The summed E-state index contributed by atoms with van der Waals surface area (Å²) in [5.74, 6) is -0.293. The van der Waals surface area contributed by atoms with Crippen molar-refractivity contribution in [2.75, 3.05) is 31.2 Å². The first-order chi connectivity index (χ1) is 20.5. The average molecular weight is 569 g/mol. The minimum Gasteiger partial charge on any atom is -0.378 e. The summed E-state index contributed by atoms with van der Waals surface area (Å²) >= 11 is 0. The summed E-state index contributed by atoms with van der Waals surface area (Å²) < 4.78 is 5.45. The summed E-state index contributed by atoms with van der Waals surface area (Å²) in [6, 6.07) is 26.5. The van der Waals surface area contributed by atoms with Crippen LogP contribution in [0.1, 0.15) is 60.8 Å². The van der Waals surface area contributed by atoms with Crippen molar-refractivity contribution in [3.8, 4) is 0 Å². The molecule has 1 saturated carbocycles. The van der Waals surface area contributed by atoms with Crippen molar-refractivity contribution in [1.29, 1.82) is 0 Å². The lowest BCUT2D eigenvalue weighted by molar-refractivity contribution is -0.128. The minimum atomic E-state index is -0.840. The molecule has 2 fully saturated rings. The minimum absolute atomic E-state index is 0.0169. The Morgan fingerprint density at radius 3 is 2.19 bits per heavy atom. The van der Waals surface area contributed by atoms with Crippen LogP contribution in [0.4, 0.5) is 10.5 Å². The molecule has 1 aliphatic carbocycles. The first-order valence-electron chi connectivity index (χ1n) is 14.9. The zero-order valence-corrected chi connectivity index (χ0v) is 24.0. The van der Waals surface area contributed by atoms with Crippen LogP contribution in [0.25, 0.3) is 0 Å². The number of anilines is 1. The third kappa shape index (κ3) is 7.36. The Morgan fingerprint density at radius 2 is 1.52 bits per heavy atom. The molecule has 8 heteroatoms. The van der Waals surface area contributed by atoms with Gasteiger partial charge in [-0.05, 0) is 53.5 Å². The van der Waals surface area contributed by atoms with E-state index in [1.54, 1.807) is 12.1 Å². The second-order valence-corrected chi connectivity index (χ2v) is 11.2. The Hall–Kier alpha value is -4.17. The van der Waals surface area contributed by atoms with Crippen LogP contribution in [-0.4, -0.2) is 49.0 Å². The van der Waals surface area contributed by atoms with E-state index in [-0.39, 0.29) is 23.8 Å². The zero-order chi connectivity index (χ0) is 29.3. The van der Waals surface area contributed by atoms with Gasteiger partial charge < -0.3 is 20.7 Å². The standard InChI is InChI=1S/C34H40N4O4/c35-33(40)32(27-9-3-1-4-10-27)36-31(39)23-28-11-7-8-14-30(28)26-17-15-25(16-18-26)24-38(29-12-5-2-6-13-29)34(41)37-19-21-42-22-20-37/h1-6,9-10,12-13,15-18,28,30,32H,7-8,11,14,19-24H2,(H2,35,40)(H,36,39)/t28?,30-,32-/m0/s1. The molecule has 0 aromatic heterocycles. The van der Waals surface area contributed by atoms with Crippen LogP contribution in [0.5, 0.6) is 0 Å². The van der Waals surface area contributed by atoms with Crippen molar-refractivity contribution in [3.05, 3.63) is 102 Å². The van der Waals surface area contributed by atoms with Gasteiger partial charge in [0.25, 0.3) is 0 Å². The molecule has 0 radical (unpaired) electrons. The van der Waals surface area contributed by atoms with Gasteiger partial charge in [0.15, 0.2) is 0 Å². The van der Waals surface area contributed by atoms with Gasteiger partial charge in [-0.25, -0.2) is 4.79 Å². The lowest BCUT2D eigenvalue weighted by Crippen LogP contribution is -2.48. The van der Waals surface area contributed by atoms with Gasteiger partial charge in [-0.1, -0.05) is 85.6 Å². The number of morpholine rings is 1. The van der Waals surface area contributed by atoms with E-state index in [1.165, 1.54) is 5.56 Å². The van der Waals surface area contributed by atoms with Crippen LogP contribution in [0.15, 0.2) is 84.9 Å². The van der Waals surface area contributed by atoms with Gasteiger partial charge in [-0.15, -0.1) is 0 Å². The molecule has 1 aliphatic heterocycles. The fourth-order valence-corrected chi connectivity index (χ4v) is 6.17. The Bertz CT molecular complexity index is 1330. The van der Waals surface area contributed by atoms with Crippen LogP contribution < -0.4 is 16.0 Å². The molecule has 1 saturated heterocycles. The van der Waals surface area contributed by atoms with Gasteiger partial charge in [-0.3, -0.25) is 14.5 Å². The fraction of sp³-hybridized carbons (Fsp3) is 0.382. The molecule has 3 aromatic carbocycles. The van der Waals surface area contributed by atoms with E-state index in [0.29, 0.717) is 44.8 Å². The Balaban J connectivity index is 1.27. The van der Waals surface area contributed by atoms with Crippen LogP contribution in [0, 0.1) is 5.92 Å². The number of nitrogens with one attached hydrogen (secondary N) is 1. The number of para-hydroxylation sites is 1. The lowest BCUT2D eigenvalue weighted by Gasteiger charge is -2.33. The predicted octanol–water partition coefficient (Wildman–Crippen LogP) is 5.15. The number of carbonyl (C=O) groups is 3. The SMILES string of the molecule is NC(=O)[C@@H](NC(=O)CC1CCCC[C@H]1c1ccc(CN(C(=O)N2CCOCC2)c2ccccc2)cc1)c1ccccc1. The highest BCUT2D eigenvalue weighted by Gasteiger charge is 2.30. The summed E-state index contributed by atoms with van der Waals surface area (Å²) in [6.45, 7) is 2.75. The summed E-state index contributed by atoms with van der Waals surface area (Å²) in [7, 11) is 0. The van der Waals surface area contributed by atoms with Crippen LogP contribution in [-0.2, 0) is 20.9 Å². The molecule has 1 unspecified atom stereocenters. The summed E-state index contributed by atoms with van der Waals surface area (Å²) in [5, 5.41) is 2.87. The van der Waals surface area contributed by atoms with E-state index in [0.717, 1.165) is 36.9 Å². The van der Waals surface area contributed by atoms with Gasteiger partial charge in [0.05, 0.1) is 19.8 Å². The number of nitrogens with two attached hydrogens (primary N) is 1. The molecule has 3 atom stereocenters. The highest BCUT2D eigenvalue weighted by molar-refractivity contribution is 5.92. The molecule has 4 amide bonds. The van der Waals surface area contributed by atoms with E-state index < -0.39 is 11.9 Å². The summed E-state index contributed by atoms with van der Waals surface area (Å²) in [5.41, 5.74) is 9.43. The van der Waals surface area contributed by atoms with Crippen molar-refractivity contribution >= 4 is 23.5 Å². The van der Waals surface area contributed by atoms with Crippen molar-refractivity contribution in [2.45, 2.75) is 50.6 Å². The van der Waals surface area contributed by atoms with Gasteiger partial charge in [0.1, 0.15) is 6.04 Å². The Labute approximate surface area is 247 Å². The molecule has 0 spiro atoms. The van der Waals surface area contributed by atoms with E-state index in [9.17, 15) is 14.4 Å². The maximum absolute atomic E-state index is 13.5. The van der Waals surface area contributed by atoms with Crippen molar-refractivity contribution in [3.63, 3.8) is 0 Å². The molecule has 0 bridgehead atoms. The number of hydrogen-bond acceptors (Lipinski definition) is 4. The molecule has 5 rings (SSSR count). The predicted molar refractivity (Wildman–Crippen MR) is 163 cm³/mol. The number of rotatable bonds is 9. The van der Waals surface area contributed by atoms with E-state index in [1.807, 2.05) is 58.3 Å². The molecule has 8 nitrogen and oxygen atoms in total. The number of amides is 4. The Morgan fingerprint density at radius 1 is 0.881 bits per heavy atom. The number of ether oxygens (including phenoxy) is 1. The van der Waals surface area contributed by atoms with Gasteiger partial charge in [0.2, 0.25) is 11.8 Å². The second-order valence-electron chi connectivity index (χ2n) is 11.2. The molecule has 2 aliphatic rings.